The van der Waals surface area contributed by atoms with Crippen LogP contribution < -0.4 is 0 Å². The second-order valence-corrected chi connectivity index (χ2v) is 5.61. The molecule has 1 nitrogen and oxygen atoms in total. The predicted molar refractivity (Wildman–Crippen MR) is 65.0 cm³/mol. The minimum absolute atomic E-state index is 0.293. The third-order valence-corrected chi connectivity index (χ3v) is 3.32. The number of hydrogen-bond acceptors (Lipinski definition) is 1. The first kappa shape index (κ1) is 10.7. The number of hydrogen-bond donors (Lipinski definition) is 0. The van der Waals surface area contributed by atoms with Gasteiger partial charge >= 0.3 is 0 Å². The molecule has 0 fully saturated rings. The highest BCUT2D eigenvalue weighted by molar-refractivity contribution is 5.33. The van der Waals surface area contributed by atoms with Gasteiger partial charge in [-0.15, -0.1) is 0 Å². The van der Waals surface area contributed by atoms with Gasteiger partial charge < -0.3 is 0 Å². The van der Waals surface area contributed by atoms with Crippen molar-refractivity contribution >= 4 is 0 Å². The van der Waals surface area contributed by atoms with Gasteiger partial charge in [-0.2, -0.15) is 0 Å². The molecule has 0 radical (unpaired) electrons. The van der Waals surface area contributed by atoms with Crippen molar-refractivity contribution in [1.82, 2.24) is 4.90 Å². The van der Waals surface area contributed by atoms with Crippen LogP contribution in [-0.4, -0.2) is 17.0 Å². The van der Waals surface area contributed by atoms with Gasteiger partial charge in [0.1, 0.15) is 0 Å². The Bertz CT molecular complexity index is 360. The summed E-state index contributed by atoms with van der Waals surface area (Å²) in [5, 5.41) is 0. The molecule has 0 aliphatic carbocycles. The van der Waals surface area contributed by atoms with Crippen LogP contribution in [0.3, 0.4) is 0 Å². The van der Waals surface area contributed by atoms with Crippen LogP contribution in [0, 0.1) is 6.92 Å². The topological polar surface area (TPSA) is 3.24 Å². The van der Waals surface area contributed by atoms with Gasteiger partial charge in [0.2, 0.25) is 0 Å². The maximum atomic E-state index is 2.56. The standard InChI is InChI=1S/C14H21N/c1-11-5-6-12-7-8-15(14(2,3)4)10-13(12)9-11/h5-6,9H,7-8,10H2,1-4H3. The zero-order valence-corrected chi connectivity index (χ0v) is 10.3. The molecule has 1 heteroatoms. The Morgan fingerprint density at radius 3 is 2.53 bits per heavy atom. The number of fused-ring (bicyclic) bond motifs is 1. The summed E-state index contributed by atoms with van der Waals surface area (Å²) >= 11 is 0. The van der Waals surface area contributed by atoms with Crippen molar-refractivity contribution in [1.29, 1.82) is 0 Å². The summed E-state index contributed by atoms with van der Waals surface area (Å²) in [6.07, 6.45) is 1.20. The van der Waals surface area contributed by atoms with E-state index < -0.39 is 0 Å². The Kier molecular flexibility index (Phi) is 2.59. The third-order valence-electron chi connectivity index (χ3n) is 3.32. The SMILES string of the molecule is Cc1ccc2c(c1)CN(C(C)(C)C)CC2. The third kappa shape index (κ3) is 2.23. The van der Waals surface area contributed by atoms with Crippen LogP contribution in [0.5, 0.6) is 0 Å². The molecule has 82 valence electrons. The average Bonchev–Trinajstić information content (AvgIpc) is 2.15. The molecule has 1 aromatic carbocycles. The molecule has 1 aliphatic heterocycles. The highest BCUT2D eigenvalue weighted by atomic mass is 15.2. The van der Waals surface area contributed by atoms with E-state index in [0.717, 1.165) is 6.54 Å². The molecule has 0 spiro atoms. The van der Waals surface area contributed by atoms with Gasteiger partial charge in [0.05, 0.1) is 0 Å². The second-order valence-electron chi connectivity index (χ2n) is 5.61. The number of benzene rings is 1. The Balaban J connectivity index is 2.26. The Hall–Kier alpha value is -0.820. The number of nitrogens with zero attached hydrogens (tertiary/aromatic N) is 1. The van der Waals surface area contributed by atoms with Crippen molar-refractivity contribution in [3.05, 3.63) is 34.9 Å². The summed E-state index contributed by atoms with van der Waals surface area (Å²) in [6.45, 7) is 11.4. The minimum atomic E-state index is 0.293. The van der Waals surface area contributed by atoms with E-state index in [9.17, 15) is 0 Å². The van der Waals surface area contributed by atoms with Crippen molar-refractivity contribution in [2.45, 2.75) is 46.2 Å². The van der Waals surface area contributed by atoms with E-state index in [1.165, 1.54) is 24.1 Å². The zero-order chi connectivity index (χ0) is 11.1. The van der Waals surface area contributed by atoms with Crippen molar-refractivity contribution in [3.63, 3.8) is 0 Å². The highest BCUT2D eigenvalue weighted by Crippen LogP contribution is 2.25. The van der Waals surface area contributed by atoms with Gasteiger partial charge in [0, 0.05) is 18.6 Å². The molecule has 0 saturated carbocycles. The molecule has 15 heavy (non-hydrogen) atoms. The highest BCUT2D eigenvalue weighted by Gasteiger charge is 2.25. The lowest BCUT2D eigenvalue weighted by Gasteiger charge is -2.39. The molecule has 0 amide bonds. The first-order chi connectivity index (χ1) is 6.97. The monoisotopic (exact) mass is 203 g/mol. The van der Waals surface area contributed by atoms with Crippen LogP contribution in [-0.2, 0) is 13.0 Å². The molecule has 0 N–H and O–H groups in total. The minimum Gasteiger partial charge on any atom is -0.294 e. The van der Waals surface area contributed by atoms with Crippen molar-refractivity contribution in [2.75, 3.05) is 6.54 Å². The van der Waals surface area contributed by atoms with E-state index in [0.29, 0.717) is 5.54 Å². The molecular formula is C14H21N. The first-order valence-corrected chi connectivity index (χ1v) is 5.80. The van der Waals surface area contributed by atoms with Crippen LogP contribution >= 0.6 is 0 Å². The van der Waals surface area contributed by atoms with Gasteiger partial charge in [0.15, 0.2) is 0 Å². The summed E-state index contributed by atoms with van der Waals surface area (Å²) in [4.78, 5) is 2.56. The van der Waals surface area contributed by atoms with Crippen LogP contribution in [0.4, 0.5) is 0 Å². The van der Waals surface area contributed by atoms with Crippen molar-refractivity contribution < 1.29 is 0 Å². The van der Waals surface area contributed by atoms with Gasteiger partial charge in [-0.25, -0.2) is 0 Å². The van der Waals surface area contributed by atoms with Crippen molar-refractivity contribution in [2.24, 2.45) is 0 Å². The predicted octanol–water partition coefficient (Wildman–Crippen LogP) is 3.15. The summed E-state index contributed by atoms with van der Waals surface area (Å²) in [5.74, 6) is 0. The van der Waals surface area contributed by atoms with E-state index in [-0.39, 0.29) is 0 Å². The maximum Gasteiger partial charge on any atom is 0.0241 e. The fourth-order valence-corrected chi connectivity index (χ4v) is 2.26. The normalized spacial score (nSPS) is 17.6. The van der Waals surface area contributed by atoms with Gasteiger partial charge in [-0.3, -0.25) is 4.90 Å². The molecule has 0 bridgehead atoms. The summed E-state index contributed by atoms with van der Waals surface area (Å²) < 4.78 is 0. The van der Waals surface area contributed by atoms with E-state index in [2.05, 4.69) is 50.8 Å². The summed E-state index contributed by atoms with van der Waals surface area (Å²) in [6, 6.07) is 6.86. The molecule has 0 aromatic heterocycles. The molecule has 2 rings (SSSR count). The Morgan fingerprint density at radius 2 is 1.87 bits per heavy atom. The van der Waals surface area contributed by atoms with Gasteiger partial charge in [-0.05, 0) is 45.2 Å². The molecule has 1 aliphatic rings. The molecule has 0 atom stereocenters. The molecule has 1 heterocycles. The van der Waals surface area contributed by atoms with E-state index in [1.807, 2.05) is 0 Å². The van der Waals surface area contributed by atoms with Crippen LogP contribution in [0.1, 0.15) is 37.5 Å². The maximum absolute atomic E-state index is 2.56. The lowest BCUT2D eigenvalue weighted by molar-refractivity contribution is 0.121. The second kappa shape index (κ2) is 3.64. The quantitative estimate of drug-likeness (QED) is 0.626. The van der Waals surface area contributed by atoms with Gasteiger partial charge in [-0.1, -0.05) is 23.8 Å². The molecule has 0 saturated heterocycles. The lowest BCUT2D eigenvalue weighted by atomic mass is 9.94. The summed E-state index contributed by atoms with van der Waals surface area (Å²) in [5.41, 5.74) is 4.74. The Morgan fingerprint density at radius 1 is 1.13 bits per heavy atom. The largest absolute Gasteiger partial charge is 0.294 e. The fraction of sp³-hybridized carbons (Fsp3) is 0.571. The molecular weight excluding hydrogens is 182 g/mol. The van der Waals surface area contributed by atoms with Crippen molar-refractivity contribution in [3.8, 4) is 0 Å². The van der Waals surface area contributed by atoms with Gasteiger partial charge in [0.25, 0.3) is 0 Å². The molecule has 1 aromatic rings. The summed E-state index contributed by atoms with van der Waals surface area (Å²) in [7, 11) is 0. The fourth-order valence-electron chi connectivity index (χ4n) is 2.26. The smallest absolute Gasteiger partial charge is 0.0241 e. The van der Waals surface area contributed by atoms with E-state index in [1.54, 1.807) is 5.56 Å². The zero-order valence-electron chi connectivity index (χ0n) is 10.3. The first-order valence-electron chi connectivity index (χ1n) is 5.80. The van der Waals surface area contributed by atoms with Crippen LogP contribution in [0.15, 0.2) is 18.2 Å². The number of rotatable bonds is 0. The Labute approximate surface area is 93.1 Å². The van der Waals surface area contributed by atoms with E-state index >= 15 is 0 Å². The van der Waals surface area contributed by atoms with Crippen LogP contribution in [0.2, 0.25) is 0 Å². The molecule has 0 unspecified atom stereocenters. The van der Waals surface area contributed by atoms with Crippen LogP contribution in [0.25, 0.3) is 0 Å². The number of aryl methyl sites for hydroxylation is 1. The van der Waals surface area contributed by atoms with E-state index in [4.69, 9.17) is 0 Å². The average molecular weight is 203 g/mol. The lowest BCUT2D eigenvalue weighted by Crippen LogP contribution is -2.44.